The van der Waals surface area contributed by atoms with Crippen LogP contribution in [0.15, 0.2) is 54.6 Å². The van der Waals surface area contributed by atoms with Crippen LogP contribution in [0.25, 0.3) is 0 Å². The zero-order valence-corrected chi connectivity index (χ0v) is 16.8. The molecule has 146 valence electrons. The highest BCUT2D eigenvalue weighted by Gasteiger charge is 2.30. The van der Waals surface area contributed by atoms with Crippen molar-refractivity contribution < 1.29 is 14.6 Å². The number of unbranched alkanes of at least 4 members (excludes halogenated alkanes) is 1. The van der Waals surface area contributed by atoms with E-state index in [0.29, 0.717) is 18.5 Å². The summed E-state index contributed by atoms with van der Waals surface area (Å²) in [6.07, 6.45) is 2.52. The number of anilines is 1. The second-order valence-electron chi connectivity index (χ2n) is 7.96. The number of ether oxygens (including phenoxy) is 1. The molecule has 0 aliphatic carbocycles. The smallest absolute Gasteiger partial charge is 0.412 e. The molecule has 0 spiro atoms. The van der Waals surface area contributed by atoms with E-state index < -0.39 is 17.3 Å². The number of para-hydroxylation sites is 1. The van der Waals surface area contributed by atoms with Crippen LogP contribution < -0.4 is 5.32 Å². The van der Waals surface area contributed by atoms with Crippen molar-refractivity contribution in [1.29, 1.82) is 0 Å². The second-order valence-corrected chi connectivity index (χ2v) is 7.96. The third-order valence-electron chi connectivity index (χ3n) is 4.39. The summed E-state index contributed by atoms with van der Waals surface area (Å²) in [6, 6.07) is 17.3. The number of rotatable bonds is 7. The summed E-state index contributed by atoms with van der Waals surface area (Å²) >= 11 is 0. The lowest BCUT2D eigenvalue weighted by Gasteiger charge is -2.30. The van der Waals surface area contributed by atoms with E-state index in [1.54, 1.807) is 0 Å². The van der Waals surface area contributed by atoms with Gasteiger partial charge in [-0.2, -0.15) is 0 Å². The molecule has 0 saturated heterocycles. The highest BCUT2D eigenvalue weighted by atomic mass is 16.6. The molecule has 1 amide bonds. The SMILES string of the molecule is CCCCC(O)(Cc1ccccc1NC(=O)OC(C)(C)C)c1ccccc1. The van der Waals surface area contributed by atoms with Gasteiger partial charge in [-0.1, -0.05) is 68.3 Å². The lowest BCUT2D eigenvalue weighted by molar-refractivity contribution is 0.0254. The van der Waals surface area contributed by atoms with Crippen LogP contribution in [0, 0.1) is 0 Å². The zero-order chi connectivity index (χ0) is 19.9. The average Bonchev–Trinajstić information content (AvgIpc) is 2.61. The summed E-state index contributed by atoms with van der Waals surface area (Å²) in [6.45, 7) is 7.61. The van der Waals surface area contributed by atoms with Crippen LogP contribution in [0.5, 0.6) is 0 Å². The molecule has 0 fully saturated rings. The molecule has 0 bridgehead atoms. The Labute approximate surface area is 162 Å². The van der Waals surface area contributed by atoms with Crippen LogP contribution in [-0.2, 0) is 16.8 Å². The van der Waals surface area contributed by atoms with Crippen molar-refractivity contribution in [3.63, 3.8) is 0 Å². The summed E-state index contributed by atoms with van der Waals surface area (Å²) in [5, 5.41) is 14.3. The minimum absolute atomic E-state index is 0.420. The highest BCUT2D eigenvalue weighted by molar-refractivity contribution is 5.86. The van der Waals surface area contributed by atoms with E-state index in [1.165, 1.54) is 0 Å². The minimum Gasteiger partial charge on any atom is -0.444 e. The zero-order valence-electron chi connectivity index (χ0n) is 16.8. The monoisotopic (exact) mass is 369 g/mol. The molecule has 0 aliphatic heterocycles. The topological polar surface area (TPSA) is 58.6 Å². The molecule has 0 aliphatic rings. The number of hydrogen-bond donors (Lipinski definition) is 2. The number of carbonyl (C=O) groups excluding carboxylic acids is 1. The second kappa shape index (κ2) is 9.05. The Hall–Kier alpha value is -2.33. The van der Waals surface area contributed by atoms with Crippen molar-refractivity contribution in [3.05, 3.63) is 65.7 Å². The van der Waals surface area contributed by atoms with Crippen molar-refractivity contribution in [1.82, 2.24) is 0 Å². The number of aliphatic hydroxyl groups is 1. The molecule has 0 saturated carbocycles. The molecule has 0 heterocycles. The highest BCUT2D eigenvalue weighted by Crippen LogP contribution is 2.33. The van der Waals surface area contributed by atoms with Gasteiger partial charge in [-0.15, -0.1) is 0 Å². The Morgan fingerprint density at radius 1 is 1.04 bits per heavy atom. The molecule has 27 heavy (non-hydrogen) atoms. The number of benzene rings is 2. The van der Waals surface area contributed by atoms with Crippen LogP contribution in [0.1, 0.15) is 58.1 Å². The fraction of sp³-hybridized carbons (Fsp3) is 0.435. The normalized spacial score (nSPS) is 13.7. The van der Waals surface area contributed by atoms with Gasteiger partial charge in [-0.25, -0.2) is 4.79 Å². The average molecular weight is 370 g/mol. The van der Waals surface area contributed by atoms with Crippen molar-refractivity contribution in [2.24, 2.45) is 0 Å². The van der Waals surface area contributed by atoms with E-state index in [2.05, 4.69) is 12.2 Å². The summed E-state index contributed by atoms with van der Waals surface area (Å²) in [5.41, 5.74) is 0.891. The third-order valence-corrected chi connectivity index (χ3v) is 4.39. The fourth-order valence-electron chi connectivity index (χ4n) is 3.08. The molecular formula is C23H31NO3. The van der Waals surface area contributed by atoms with E-state index in [0.717, 1.165) is 24.0 Å². The molecule has 2 rings (SSSR count). The van der Waals surface area contributed by atoms with E-state index in [9.17, 15) is 9.90 Å². The van der Waals surface area contributed by atoms with Crippen LogP contribution in [-0.4, -0.2) is 16.8 Å². The molecule has 4 nitrogen and oxygen atoms in total. The van der Waals surface area contributed by atoms with Gasteiger partial charge in [0.05, 0.1) is 5.60 Å². The fourth-order valence-corrected chi connectivity index (χ4v) is 3.08. The third kappa shape index (κ3) is 6.40. The summed E-state index contributed by atoms with van der Waals surface area (Å²) in [5.74, 6) is 0. The van der Waals surface area contributed by atoms with Crippen LogP contribution in [0.3, 0.4) is 0 Å². The molecule has 0 radical (unpaired) electrons. The Bertz CT molecular complexity index is 737. The number of nitrogens with one attached hydrogen (secondary N) is 1. The van der Waals surface area contributed by atoms with E-state index in [1.807, 2.05) is 75.4 Å². The minimum atomic E-state index is -0.983. The Morgan fingerprint density at radius 3 is 2.30 bits per heavy atom. The van der Waals surface area contributed by atoms with Crippen LogP contribution >= 0.6 is 0 Å². The predicted molar refractivity (Wildman–Crippen MR) is 110 cm³/mol. The molecule has 1 atom stereocenters. The van der Waals surface area contributed by atoms with E-state index in [4.69, 9.17) is 4.74 Å². The van der Waals surface area contributed by atoms with Crippen molar-refractivity contribution in [2.45, 2.75) is 64.6 Å². The van der Waals surface area contributed by atoms with Gasteiger partial charge in [-0.3, -0.25) is 5.32 Å². The first kappa shape index (κ1) is 21.0. The molecule has 2 aromatic carbocycles. The lowest BCUT2D eigenvalue weighted by Crippen LogP contribution is -2.30. The number of amides is 1. The molecule has 1 unspecified atom stereocenters. The lowest BCUT2D eigenvalue weighted by atomic mass is 9.83. The molecule has 2 aromatic rings. The molecule has 2 N–H and O–H groups in total. The molecule has 0 aromatic heterocycles. The first-order chi connectivity index (χ1) is 12.7. The first-order valence-corrected chi connectivity index (χ1v) is 9.59. The first-order valence-electron chi connectivity index (χ1n) is 9.59. The maximum absolute atomic E-state index is 12.2. The van der Waals surface area contributed by atoms with Crippen LogP contribution in [0.4, 0.5) is 10.5 Å². The number of hydrogen-bond acceptors (Lipinski definition) is 3. The summed E-state index contributed by atoms with van der Waals surface area (Å²) in [4.78, 5) is 12.2. The van der Waals surface area contributed by atoms with Crippen molar-refractivity contribution >= 4 is 11.8 Å². The predicted octanol–water partition coefficient (Wildman–Crippen LogP) is 5.65. The van der Waals surface area contributed by atoms with Gasteiger partial charge < -0.3 is 9.84 Å². The Kier molecular flexibility index (Phi) is 7.03. The van der Waals surface area contributed by atoms with E-state index >= 15 is 0 Å². The van der Waals surface area contributed by atoms with Gasteiger partial charge in [0.1, 0.15) is 5.60 Å². The van der Waals surface area contributed by atoms with Gasteiger partial charge in [-0.05, 0) is 44.4 Å². The molecular weight excluding hydrogens is 338 g/mol. The van der Waals surface area contributed by atoms with Gasteiger partial charge in [0.2, 0.25) is 0 Å². The van der Waals surface area contributed by atoms with Gasteiger partial charge >= 0.3 is 6.09 Å². The maximum atomic E-state index is 12.2. The Morgan fingerprint density at radius 2 is 1.67 bits per heavy atom. The van der Waals surface area contributed by atoms with Gasteiger partial charge in [0, 0.05) is 12.1 Å². The number of carbonyl (C=O) groups is 1. The van der Waals surface area contributed by atoms with E-state index in [-0.39, 0.29) is 0 Å². The van der Waals surface area contributed by atoms with Crippen molar-refractivity contribution in [2.75, 3.05) is 5.32 Å². The quantitative estimate of drug-likeness (QED) is 0.662. The summed E-state index contributed by atoms with van der Waals surface area (Å²) in [7, 11) is 0. The standard InChI is InChI=1S/C23H31NO3/c1-5-6-16-23(26,19-13-8-7-9-14-19)17-18-12-10-11-15-20(18)24-21(25)27-22(2,3)4/h7-15,26H,5-6,16-17H2,1-4H3,(H,24,25). The molecule has 4 heteroatoms. The Balaban J connectivity index is 2.27. The van der Waals surface area contributed by atoms with Gasteiger partial charge in [0.25, 0.3) is 0 Å². The van der Waals surface area contributed by atoms with Crippen molar-refractivity contribution in [3.8, 4) is 0 Å². The largest absolute Gasteiger partial charge is 0.444 e. The summed E-state index contributed by atoms with van der Waals surface area (Å²) < 4.78 is 5.36. The maximum Gasteiger partial charge on any atom is 0.412 e. The van der Waals surface area contributed by atoms with Crippen LogP contribution in [0.2, 0.25) is 0 Å². The van der Waals surface area contributed by atoms with Gasteiger partial charge in [0.15, 0.2) is 0 Å².